The van der Waals surface area contributed by atoms with E-state index in [0.29, 0.717) is 12.6 Å². The zero-order valence-electron chi connectivity index (χ0n) is 9.95. The zero-order valence-corrected chi connectivity index (χ0v) is 9.95. The van der Waals surface area contributed by atoms with Crippen LogP contribution in [0.2, 0.25) is 0 Å². The minimum Gasteiger partial charge on any atom is -0.391 e. The summed E-state index contributed by atoms with van der Waals surface area (Å²) < 4.78 is 0. The summed E-state index contributed by atoms with van der Waals surface area (Å²) in [5.74, 6) is 0. The van der Waals surface area contributed by atoms with Crippen LogP contribution in [0.1, 0.15) is 26.7 Å². The molecule has 1 heterocycles. The summed E-state index contributed by atoms with van der Waals surface area (Å²) in [5, 5.41) is 13.0. The average Bonchev–Trinajstić information content (AvgIpc) is 2.58. The molecular formula is C11H25N3O. The number of nitrogens with two attached hydrogens (primary N) is 1. The molecule has 4 heteroatoms. The Kier molecular flexibility index (Phi) is 5.53. The van der Waals surface area contributed by atoms with Crippen LogP contribution in [0.15, 0.2) is 0 Å². The molecule has 1 rings (SSSR count). The van der Waals surface area contributed by atoms with Gasteiger partial charge in [-0.3, -0.25) is 4.90 Å². The standard InChI is InChI=1S/C11H25N3O/c1-9(2)14(8-5-12)7-4-10-11(15)3-6-13-10/h9-11,13,15H,3-8,12H2,1-2H3. The Bertz CT molecular complexity index is 175. The Morgan fingerprint density at radius 2 is 2.20 bits per heavy atom. The second-order valence-electron chi connectivity index (χ2n) is 4.62. The summed E-state index contributed by atoms with van der Waals surface area (Å²) in [6, 6.07) is 0.816. The first kappa shape index (κ1) is 12.9. The Morgan fingerprint density at radius 3 is 2.67 bits per heavy atom. The molecule has 1 fully saturated rings. The molecule has 1 saturated heterocycles. The van der Waals surface area contributed by atoms with E-state index in [1.165, 1.54) is 0 Å². The topological polar surface area (TPSA) is 61.5 Å². The molecule has 4 nitrogen and oxygen atoms in total. The van der Waals surface area contributed by atoms with E-state index in [1.807, 2.05) is 0 Å². The summed E-state index contributed by atoms with van der Waals surface area (Å²) >= 11 is 0. The number of hydrogen-bond acceptors (Lipinski definition) is 4. The molecule has 90 valence electrons. The first-order valence-electron chi connectivity index (χ1n) is 6.00. The van der Waals surface area contributed by atoms with E-state index in [9.17, 15) is 5.11 Å². The smallest absolute Gasteiger partial charge is 0.0705 e. The van der Waals surface area contributed by atoms with Crippen LogP contribution in [0, 0.1) is 0 Å². The van der Waals surface area contributed by atoms with Crippen molar-refractivity contribution in [2.24, 2.45) is 5.73 Å². The Labute approximate surface area is 92.8 Å². The second-order valence-corrected chi connectivity index (χ2v) is 4.62. The van der Waals surface area contributed by atoms with Crippen molar-refractivity contribution in [1.82, 2.24) is 10.2 Å². The Morgan fingerprint density at radius 1 is 1.47 bits per heavy atom. The van der Waals surface area contributed by atoms with Gasteiger partial charge in [-0.25, -0.2) is 0 Å². The third-order valence-corrected chi connectivity index (χ3v) is 3.19. The minimum atomic E-state index is -0.156. The highest BCUT2D eigenvalue weighted by Crippen LogP contribution is 2.11. The van der Waals surface area contributed by atoms with E-state index in [0.717, 1.165) is 32.5 Å². The van der Waals surface area contributed by atoms with Crippen molar-refractivity contribution in [3.63, 3.8) is 0 Å². The molecule has 15 heavy (non-hydrogen) atoms. The van der Waals surface area contributed by atoms with Gasteiger partial charge in [-0.05, 0) is 33.2 Å². The first-order chi connectivity index (χ1) is 7.15. The molecular weight excluding hydrogens is 190 g/mol. The lowest BCUT2D eigenvalue weighted by Crippen LogP contribution is -2.40. The minimum absolute atomic E-state index is 0.156. The lowest BCUT2D eigenvalue weighted by atomic mass is 10.1. The summed E-state index contributed by atoms with van der Waals surface area (Å²) in [6.07, 6.45) is 1.75. The maximum Gasteiger partial charge on any atom is 0.0705 e. The van der Waals surface area contributed by atoms with Crippen LogP contribution in [0.4, 0.5) is 0 Å². The quantitative estimate of drug-likeness (QED) is 0.573. The van der Waals surface area contributed by atoms with Crippen LogP contribution in [0.25, 0.3) is 0 Å². The van der Waals surface area contributed by atoms with Crippen molar-refractivity contribution in [1.29, 1.82) is 0 Å². The van der Waals surface area contributed by atoms with Gasteiger partial charge in [0, 0.05) is 31.7 Å². The molecule has 0 aromatic rings. The fourth-order valence-electron chi connectivity index (χ4n) is 2.15. The van der Waals surface area contributed by atoms with Crippen molar-refractivity contribution >= 4 is 0 Å². The van der Waals surface area contributed by atoms with Crippen LogP contribution in [0.3, 0.4) is 0 Å². The van der Waals surface area contributed by atoms with Gasteiger partial charge in [-0.1, -0.05) is 0 Å². The number of hydrogen-bond donors (Lipinski definition) is 3. The molecule has 0 spiro atoms. The highest BCUT2D eigenvalue weighted by Gasteiger charge is 2.24. The second kappa shape index (κ2) is 6.43. The lowest BCUT2D eigenvalue weighted by Gasteiger charge is -2.27. The highest BCUT2D eigenvalue weighted by atomic mass is 16.3. The summed E-state index contributed by atoms with van der Waals surface area (Å²) in [7, 11) is 0. The van der Waals surface area contributed by atoms with Gasteiger partial charge in [0.15, 0.2) is 0 Å². The average molecular weight is 215 g/mol. The van der Waals surface area contributed by atoms with Gasteiger partial charge >= 0.3 is 0 Å². The molecule has 0 bridgehead atoms. The molecule has 0 aliphatic carbocycles. The summed E-state index contributed by atoms with van der Waals surface area (Å²) in [4.78, 5) is 2.37. The molecule has 1 aliphatic heterocycles. The van der Waals surface area contributed by atoms with Crippen molar-refractivity contribution in [3.05, 3.63) is 0 Å². The predicted molar refractivity (Wildman–Crippen MR) is 62.8 cm³/mol. The van der Waals surface area contributed by atoms with Crippen molar-refractivity contribution in [2.75, 3.05) is 26.2 Å². The number of aliphatic hydroxyl groups is 1. The van der Waals surface area contributed by atoms with E-state index in [4.69, 9.17) is 5.73 Å². The molecule has 0 saturated carbocycles. The predicted octanol–water partition coefficient (Wildman–Crippen LogP) is -0.232. The van der Waals surface area contributed by atoms with Crippen molar-refractivity contribution in [3.8, 4) is 0 Å². The van der Waals surface area contributed by atoms with E-state index < -0.39 is 0 Å². The van der Waals surface area contributed by atoms with E-state index in [2.05, 4.69) is 24.1 Å². The molecule has 0 radical (unpaired) electrons. The van der Waals surface area contributed by atoms with Gasteiger partial charge in [0.1, 0.15) is 0 Å². The lowest BCUT2D eigenvalue weighted by molar-refractivity contribution is 0.139. The third kappa shape index (κ3) is 4.07. The highest BCUT2D eigenvalue weighted by molar-refractivity contribution is 4.84. The van der Waals surface area contributed by atoms with Crippen LogP contribution in [0.5, 0.6) is 0 Å². The molecule has 0 amide bonds. The van der Waals surface area contributed by atoms with E-state index >= 15 is 0 Å². The summed E-state index contributed by atoms with van der Waals surface area (Å²) in [5.41, 5.74) is 5.57. The van der Waals surface area contributed by atoms with E-state index in [1.54, 1.807) is 0 Å². The fraction of sp³-hybridized carbons (Fsp3) is 1.00. The van der Waals surface area contributed by atoms with Gasteiger partial charge in [0.25, 0.3) is 0 Å². The van der Waals surface area contributed by atoms with E-state index in [-0.39, 0.29) is 12.1 Å². The normalized spacial score (nSPS) is 26.8. The van der Waals surface area contributed by atoms with Crippen molar-refractivity contribution in [2.45, 2.75) is 44.9 Å². The van der Waals surface area contributed by atoms with Gasteiger partial charge in [-0.15, -0.1) is 0 Å². The molecule has 2 atom stereocenters. The number of nitrogens with zero attached hydrogens (tertiary/aromatic N) is 1. The molecule has 0 aromatic heterocycles. The number of aliphatic hydroxyl groups excluding tert-OH is 1. The maximum absolute atomic E-state index is 9.66. The monoisotopic (exact) mass is 215 g/mol. The van der Waals surface area contributed by atoms with Gasteiger partial charge in [0.05, 0.1) is 6.10 Å². The SMILES string of the molecule is CC(C)N(CCN)CCC1NCCC1O. The Hall–Kier alpha value is -0.160. The largest absolute Gasteiger partial charge is 0.391 e. The Balaban J connectivity index is 2.26. The number of nitrogens with one attached hydrogen (secondary N) is 1. The van der Waals surface area contributed by atoms with Crippen LogP contribution in [-0.4, -0.2) is 54.4 Å². The molecule has 1 aliphatic rings. The first-order valence-corrected chi connectivity index (χ1v) is 6.00. The molecule has 2 unspecified atom stereocenters. The van der Waals surface area contributed by atoms with Crippen LogP contribution in [-0.2, 0) is 0 Å². The number of rotatable bonds is 6. The zero-order chi connectivity index (χ0) is 11.3. The van der Waals surface area contributed by atoms with Gasteiger partial charge in [0.2, 0.25) is 0 Å². The van der Waals surface area contributed by atoms with Gasteiger partial charge < -0.3 is 16.2 Å². The fourth-order valence-corrected chi connectivity index (χ4v) is 2.15. The van der Waals surface area contributed by atoms with Crippen LogP contribution >= 0.6 is 0 Å². The van der Waals surface area contributed by atoms with Crippen molar-refractivity contribution < 1.29 is 5.11 Å². The molecule has 0 aromatic carbocycles. The van der Waals surface area contributed by atoms with Gasteiger partial charge in [-0.2, -0.15) is 0 Å². The third-order valence-electron chi connectivity index (χ3n) is 3.19. The van der Waals surface area contributed by atoms with Crippen LogP contribution < -0.4 is 11.1 Å². The molecule has 4 N–H and O–H groups in total. The summed E-state index contributed by atoms with van der Waals surface area (Å²) in [6.45, 7) is 8.00. The maximum atomic E-state index is 9.66.